The minimum atomic E-state index is 0.199. The third-order valence-electron chi connectivity index (χ3n) is 5.85. The van der Waals surface area contributed by atoms with Crippen LogP contribution in [0.4, 0.5) is 5.69 Å². The summed E-state index contributed by atoms with van der Waals surface area (Å²) >= 11 is 0. The van der Waals surface area contributed by atoms with Crippen molar-refractivity contribution < 1.29 is 9.53 Å². The van der Waals surface area contributed by atoms with Crippen LogP contribution in [-0.4, -0.2) is 67.6 Å². The van der Waals surface area contributed by atoms with E-state index in [1.54, 1.807) is 0 Å². The molecule has 4 rings (SSSR count). The summed E-state index contributed by atoms with van der Waals surface area (Å²) in [4.78, 5) is 19.8. The standard InChI is InChI=1S/C20H29N3O2/c24-20(23-14-15-25-19-9-4-3-8-18(19)23)16-21-10-5-11-22(13-12-21)17-6-1-2-7-17/h3-4,8-9,17H,1-2,5-7,10-16H2. The molecule has 2 fully saturated rings. The molecule has 0 spiro atoms. The molecule has 25 heavy (non-hydrogen) atoms. The van der Waals surface area contributed by atoms with E-state index < -0.39 is 0 Å². The molecule has 0 aromatic heterocycles. The van der Waals surface area contributed by atoms with Gasteiger partial charge in [0.05, 0.1) is 18.8 Å². The van der Waals surface area contributed by atoms with E-state index in [-0.39, 0.29) is 5.91 Å². The van der Waals surface area contributed by atoms with Crippen LogP contribution in [0.1, 0.15) is 32.1 Å². The third kappa shape index (κ3) is 3.82. The normalized spacial score (nSPS) is 23.1. The Morgan fingerprint density at radius 1 is 1.00 bits per heavy atom. The number of amides is 1. The molecule has 0 bridgehead atoms. The zero-order chi connectivity index (χ0) is 17.1. The molecule has 5 nitrogen and oxygen atoms in total. The van der Waals surface area contributed by atoms with E-state index in [4.69, 9.17) is 4.74 Å². The number of hydrogen-bond donors (Lipinski definition) is 0. The second kappa shape index (κ2) is 7.75. The van der Waals surface area contributed by atoms with Gasteiger partial charge in [-0.1, -0.05) is 25.0 Å². The van der Waals surface area contributed by atoms with Gasteiger partial charge in [-0.15, -0.1) is 0 Å². The van der Waals surface area contributed by atoms with Crippen molar-refractivity contribution in [1.29, 1.82) is 0 Å². The van der Waals surface area contributed by atoms with Crippen LogP contribution in [0.25, 0.3) is 0 Å². The van der Waals surface area contributed by atoms with Crippen LogP contribution in [0.2, 0.25) is 0 Å². The summed E-state index contributed by atoms with van der Waals surface area (Å²) in [6, 6.07) is 8.65. The molecule has 2 aliphatic heterocycles. The van der Waals surface area contributed by atoms with Crippen LogP contribution in [0.3, 0.4) is 0 Å². The average molecular weight is 343 g/mol. The van der Waals surface area contributed by atoms with E-state index in [9.17, 15) is 4.79 Å². The molecule has 0 N–H and O–H groups in total. The molecule has 1 aromatic rings. The van der Waals surface area contributed by atoms with Crippen molar-refractivity contribution in [2.24, 2.45) is 0 Å². The van der Waals surface area contributed by atoms with Gasteiger partial charge in [-0.05, 0) is 44.5 Å². The van der Waals surface area contributed by atoms with Gasteiger partial charge < -0.3 is 9.64 Å². The first-order valence-corrected chi connectivity index (χ1v) is 9.80. The molecule has 1 aliphatic carbocycles. The first kappa shape index (κ1) is 16.9. The van der Waals surface area contributed by atoms with Crippen LogP contribution >= 0.6 is 0 Å². The van der Waals surface area contributed by atoms with Crippen molar-refractivity contribution >= 4 is 11.6 Å². The smallest absolute Gasteiger partial charge is 0.241 e. The summed E-state index contributed by atoms with van der Waals surface area (Å²) in [7, 11) is 0. The summed E-state index contributed by atoms with van der Waals surface area (Å²) < 4.78 is 5.67. The van der Waals surface area contributed by atoms with Crippen molar-refractivity contribution in [2.75, 3.05) is 50.8 Å². The maximum Gasteiger partial charge on any atom is 0.241 e. The van der Waals surface area contributed by atoms with Crippen molar-refractivity contribution in [3.63, 3.8) is 0 Å². The van der Waals surface area contributed by atoms with Crippen LogP contribution in [0, 0.1) is 0 Å². The number of hydrogen-bond acceptors (Lipinski definition) is 4. The number of carbonyl (C=O) groups excluding carboxylic acids is 1. The van der Waals surface area contributed by atoms with Crippen molar-refractivity contribution in [3.8, 4) is 5.75 Å². The average Bonchev–Trinajstić information content (AvgIpc) is 3.08. The molecule has 1 amide bonds. The maximum atomic E-state index is 12.9. The van der Waals surface area contributed by atoms with Gasteiger partial charge in [-0.2, -0.15) is 0 Å². The molecule has 2 heterocycles. The van der Waals surface area contributed by atoms with Gasteiger partial charge in [0.1, 0.15) is 12.4 Å². The molecule has 1 aromatic carbocycles. The lowest BCUT2D eigenvalue weighted by Gasteiger charge is -2.31. The van der Waals surface area contributed by atoms with Gasteiger partial charge in [0.2, 0.25) is 5.91 Å². The van der Waals surface area contributed by atoms with E-state index in [1.165, 1.54) is 38.6 Å². The Bertz CT molecular complexity index is 600. The predicted molar refractivity (Wildman–Crippen MR) is 99.2 cm³/mol. The van der Waals surface area contributed by atoms with E-state index >= 15 is 0 Å². The van der Waals surface area contributed by atoms with Gasteiger partial charge in [0.25, 0.3) is 0 Å². The van der Waals surface area contributed by atoms with E-state index in [2.05, 4.69) is 9.80 Å². The molecule has 1 saturated carbocycles. The summed E-state index contributed by atoms with van der Waals surface area (Å²) in [6.07, 6.45) is 6.68. The topological polar surface area (TPSA) is 36.0 Å². The number of carbonyl (C=O) groups is 1. The predicted octanol–water partition coefficient (Wildman–Crippen LogP) is 2.36. The Morgan fingerprint density at radius 2 is 1.84 bits per heavy atom. The first-order valence-electron chi connectivity index (χ1n) is 9.80. The first-order chi connectivity index (χ1) is 12.3. The zero-order valence-corrected chi connectivity index (χ0v) is 15.0. The number of rotatable bonds is 3. The fraction of sp³-hybridized carbons (Fsp3) is 0.650. The summed E-state index contributed by atoms with van der Waals surface area (Å²) in [6.45, 7) is 6.09. The van der Waals surface area contributed by atoms with Gasteiger partial charge in [0, 0.05) is 19.1 Å². The summed E-state index contributed by atoms with van der Waals surface area (Å²) in [5.41, 5.74) is 0.918. The van der Waals surface area contributed by atoms with Crippen molar-refractivity contribution in [2.45, 2.75) is 38.1 Å². The second-order valence-electron chi connectivity index (χ2n) is 7.47. The van der Waals surface area contributed by atoms with Crippen molar-refractivity contribution in [1.82, 2.24) is 9.80 Å². The highest BCUT2D eigenvalue weighted by Crippen LogP contribution is 2.31. The fourth-order valence-corrected chi connectivity index (χ4v) is 4.49. The lowest BCUT2D eigenvalue weighted by atomic mass is 10.2. The van der Waals surface area contributed by atoms with Gasteiger partial charge >= 0.3 is 0 Å². The van der Waals surface area contributed by atoms with Crippen LogP contribution in [-0.2, 0) is 4.79 Å². The molecule has 5 heteroatoms. The maximum absolute atomic E-state index is 12.9. The Kier molecular flexibility index (Phi) is 5.22. The molecule has 0 radical (unpaired) electrons. The number of fused-ring (bicyclic) bond motifs is 1. The van der Waals surface area contributed by atoms with E-state index in [0.29, 0.717) is 19.7 Å². The molecule has 3 aliphatic rings. The Labute approximate surface area is 150 Å². The lowest BCUT2D eigenvalue weighted by molar-refractivity contribution is -0.120. The highest BCUT2D eigenvalue weighted by atomic mass is 16.5. The molecular weight excluding hydrogens is 314 g/mol. The number of benzene rings is 1. The Hall–Kier alpha value is -1.59. The monoisotopic (exact) mass is 343 g/mol. The van der Waals surface area contributed by atoms with Crippen LogP contribution in [0.15, 0.2) is 24.3 Å². The summed E-state index contributed by atoms with van der Waals surface area (Å²) in [5.74, 6) is 1.02. The third-order valence-corrected chi connectivity index (χ3v) is 5.85. The number of ether oxygens (including phenoxy) is 1. The van der Waals surface area contributed by atoms with Gasteiger partial charge in [-0.25, -0.2) is 0 Å². The molecule has 136 valence electrons. The van der Waals surface area contributed by atoms with E-state index in [1.807, 2.05) is 29.2 Å². The van der Waals surface area contributed by atoms with Crippen LogP contribution < -0.4 is 9.64 Å². The minimum absolute atomic E-state index is 0.199. The summed E-state index contributed by atoms with van der Waals surface area (Å²) in [5, 5.41) is 0. The minimum Gasteiger partial charge on any atom is -0.490 e. The highest BCUT2D eigenvalue weighted by molar-refractivity contribution is 5.96. The molecule has 1 saturated heterocycles. The molecular formula is C20H29N3O2. The second-order valence-corrected chi connectivity index (χ2v) is 7.47. The molecule has 0 unspecified atom stereocenters. The van der Waals surface area contributed by atoms with Gasteiger partial charge in [0.15, 0.2) is 0 Å². The number of anilines is 1. The largest absolute Gasteiger partial charge is 0.490 e. The van der Waals surface area contributed by atoms with Gasteiger partial charge in [-0.3, -0.25) is 14.6 Å². The highest BCUT2D eigenvalue weighted by Gasteiger charge is 2.28. The molecule has 0 atom stereocenters. The number of nitrogens with zero attached hydrogens (tertiary/aromatic N) is 3. The Morgan fingerprint density at radius 3 is 2.72 bits per heavy atom. The lowest BCUT2D eigenvalue weighted by Crippen LogP contribution is -2.45. The van der Waals surface area contributed by atoms with Crippen LogP contribution in [0.5, 0.6) is 5.75 Å². The SMILES string of the molecule is O=C(CN1CCCN(C2CCCC2)CC1)N1CCOc2ccccc21. The fourth-order valence-electron chi connectivity index (χ4n) is 4.49. The Balaban J connectivity index is 1.35. The van der Waals surface area contributed by atoms with Crippen molar-refractivity contribution in [3.05, 3.63) is 24.3 Å². The quantitative estimate of drug-likeness (QED) is 0.844. The van der Waals surface area contributed by atoms with E-state index in [0.717, 1.165) is 37.1 Å². The number of para-hydroxylation sites is 2. The zero-order valence-electron chi connectivity index (χ0n) is 15.0.